The van der Waals surface area contributed by atoms with Gasteiger partial charge in [0.1, 0.15) is 5.82 Å². The highest BCUT2D eigenvalue weighted by molar-refractivity contribution is 7.88. The smallest absolute Gasteiger partial charge is 0.235 e. The van der Waals surface area contributed by atoms with Gasteiger partial charge in [0.25, 0.3) is 0 Å². The van der Waals surface area contributed by atoms with Gasteiger partial charge in [-0.2, -0.15) is 5.10 Å². The van der Waals surface area contributed by atoms with E-state index in [2.05, 4.69) is 45.6 Å². The van der Waals surface area contributed by atoms with Crippen LogP contribution < -0.4 is 5.32 Å². The highest BCUT2D eigenvalue weighted by atomic mass is 32.2. The van der Waals surface area contributed by atoms with E-state index in [1.54, 1.807) is 0 Å². The van der Waals surface area contributed by atoms with Crippen molar-refractivity contribution < 1.29 is 13.2 Å². The Morgan fingerprint density at radius 1 is 0.947 bits per heavy atom. The van der Waals surface area contributed by atoms with Gasteiger partial charge < -0.3 is 5.32 Å². The molecule has 1 spiro atoms. The van der Waals surface area contributed by atoms with E-state index >= 15 is 0 Å². The molecule has 38 heavy (non-hydrogen) atoms. The second kappa shape index (κ2) is 9.18. The number of aromatic amines is 1. The zero-order chi connectivity index (χ0) is 26.5. The topological polar surface area (TPSA) is 108 Å². The molecule has 1 fully saturated rings. The zero-order valence-corrected chi connectivity index (χ0v) is 22.2. The van der Waals surface area contributed by atoms with Gasteiger partial charge in [0.05, 0.1) is 11.2 Å². The van der Waals surface area contributed by atoms with Crippen LogP contribution in [0.1, 0.15) is 35.4 Å². The van der Waals surface area contributed by atoms with Gasteiger partial charge in [-0.05, 0) is 66.6 Å². The van der Waals surface area contributed by atoms with Gasteiger partial charge in [-0.15, -0.1) is 0 Å². The second-order valence-electron chi connectivity index (χ2n) is 10.2. The Labute approximate surface area is 222 Å². The lowest BCUT2D eigenvalue weighted by Crippen LogP contribution is -2.48. The molecule has 1 aromatic heterocycles. The number of piperidine rings is 1. The third-order valence-corrected chi connectivity index (χ3v) is 9.63. The van der Waals surface area contributed by atoms with Gasteiger partial charge >= 0.3 is 0 Å². The molecule has 2 N–H and O–H groups in total. The number of anilines is 1. The molecule has 2 aliphatic rings. The number of rotatable bonds is 5. The highest BCUT2D eigenvalue weighted by Crippen LogP contribution is 2.47. The molecule has 194 valence electrons. The number of amides is 1. The van der Waals surface area contributed by atoms with E-state index < -0.39 is 15.4 Å². The molecule has 1 amide bonds. The quantitative estimate of drug-likeness (QED) is 0.395. The molecule has 0 radical (unpaired) electrons. The van der Waals surface area contributed by atoms with E-state index in [1.807, 2.05) is 55.5 Å². The van der Waals surface area contributed by atoms with E-state index in [0.29, 0.717) is 31.8 Å². The Morgan fingerprint density at radius 2 is 1.68 bits per heavy atom. The third kappa shape index (κ3) is 4.21. The molecule has 3 heterocycles. The van der Waals surface area contributed by atoms with Gasteiger partial charge in [0.2, 0.25) is 15.9 Å². The van der Waals surface area contributed by atoms with E-state index in [4.69, 9.17) is 0 Å². The number of H-pyrrole nitrogens is 1. The molecule has 0 aliphatic carbocycles. The van der Waals surface area contributed by atoms with Crippen molar-refractivity contribution in [3.63, 3.8) is 0 Å². The molecule has 4 aromatic rings. The lowest BCUT2D eigenvalue weighted by molar-refractivity contribution is -0.122. The molecular weight excluding hydrogens is 498 g/mol. The summed E-state index contributed by atoms with van der Waals surface area (Å²) in [6.07, 6.45) is 0.912. The molecule has 2 aliphatic heterocycles. The number of fused-ring (bicyclic) bond motifs is 2. The number of benzene rings is 3. The minimum atomic E-state index is -3.46. The fourth-order valence-electron chi connectivity index (χ4n) is 5.66. The van der Waals surface area contributed by atoms with Crippen molar-refractivity contribution in [3.8, 4) is 22.5 Å². The fraction of sp³-hybridized carbons (Fsp3) is 0.276. The summed E-state index contributed by atoms with van der Waals surface area (Å²) >= 11 is 0. The van der Waals surface area contributed by atoms with Gasteiger partial charge in [-0.25, -0.2) is 17.7 Å². The van der Waals surface area contributed by atoms with Crippen LogP contribution in [0.3, 0.4) is 0 Å². The molecule has 0 saturated carbocycles. The zero-order valence-electron chi connectivity index (χ0n) is 21.4. The lowest BCUT2D eigenvalue weighted by atomic mass is 9.74. The summed E-state index contributed by atoms with van der Waals surface area (Å²) in [5, 5.41) is 10.3. The maximum atomic E-state index is 13.3. The molecule has 0 unspecified atom stereocenters. The summed E-state index contributed by atoms with van der Waals surface area (Å²) in [6.45, 7) is 4.57. The molecule has 3 aromatic carbocycles. The average molecular weight is 528 g/mol. The number of aromatic nitrogens is 3. The Kier molecular flexibility index (Phi) is 5.92. The number of hydrogen-bond donors (Lipinski definition) is 2. The van der Waals surface area contributed by atoms with Crippen LogP contribution in [-0.4, -0.2) is 46.9 Å². The van der Waals surface area contributed by atoms with Crippen LogP contribution in [0, 0.1) is 13.8 Å². The van der Waals surface area contributed by atoms with Crippen LogP contribution in [0.4, 0.5) is 5.69 Å². The summed E-state index contributed by atoms with van der Waals surface area (Å²) in [4.78, 5) is 17.8. The van der Waals surface area contributed by atoms with Crippen molar-refractivity contribution in [1.82, 2.24) is 19.5 Å². The van der Waals surface area contributed by atoms with Crippen molar-refractivity contribution in [2.45, 2.75) is 37.9 Å². The number of nitrogens with zero attached hydrogens (tertiary/aromatic N) is 3. The first-order chi connectivity index (χ1) is 18.2. The molecule has 9 heteroatoms. The predicted molar refractivity (Wildman–Crippen MR) is 147 cm³/mol. The van der Waals surface area contributed by atoms with Gasteiger partial charge in [0, 0.05) is 24.3 Å². The Morgan fingerprint density at radius 3 is 2.39 bits per heavy atom. The molecule has 1 saturated heterocycles. The van der Waals surface area contributed by atoms with E-state index in [1.165, 1.54) is 4.31 Å². The minimum absolute atomic E-state index is 0.0290. The van der Waals surface area contributed by atoms with Crippen molar-refractivity contribution in [1.29, 1.82) is 0 Å². The fourth-order valence-corrected chi connectivity index (χ4v) is 7.19. The van der Waals surface area contributed by atoms with Crippen LogP contribution in [0.2, 0.25) is 0 Å². The highest BCUT2D eigenvalue weighted by Gasteiger charge is 2.49. The SMILES string of the molecule is Cc1nc(-c2ccc(C)c(-c3ccc4c(c3)NC(=O)C43CCN(S(=O)(=O)Cc4ccccc4)CC3)c2)n[nH]1. The molecular formula is C29H29N5O3S. The van der Waals surface area contributed by atoms with Gasteiger partial charge in [0.15, 0.2) is 5.82 Å². The Bertz CT molecular complexity index is 1640. The maximum Gasteiger partial charge on any atom is 0.235 e. The number of carbonyl (C=O) groups excluding carboxylic acids is 1. The first-order valence-electron chi connectivity index (χ1n) is 12.7. The van der Waals surface area contributed by atoms with Crippen LogP contribution in [0.15, 0.2) is 66.7 Å². The van der Waals surface area contributed by atoms with Crippen molar-refractivity contribution in [2.24, 2.45) is 0 Å². The number of aryl methyl sites for hydroxylation is 2. The summed E-state index contributed by atoms with van der Waals surface area (Å²) in [7, 11) is -3.46. The predicted octanol–water partition coefficient (Wildman–Crippen LogP) is 4.57. The van der Waals surface area contributed by atoms with Crippen LogP contribution in [0.5, 0.6) is 0 Å². The Balaban J connectivity index is 1.25. The van der Waals surface area contributed by atoms with Crippen molar-refractivity contribution >= 4 is 21.6 Å². The standard InChI is InChI=1S/C29H29N5O3S/c1-19-8-9-23(27-30-20(2)32-33-27)16-24(19)22-10-11-25-26(17-22)31-28(35)29(25)12-14-34(15-13-29)38(36,37)18-21-6-4-3-5-7-21/h3-11,16-17H,12-15,18H2,1-2H3,(H,31,35)(H,30,32,33). The summed E-state index contributed by atoms with van der Waals surface area (Å²) in [6, 6.07) is 21.4. The molecule has 0 atom stereocenters. The molecule has 0 bridgehead atoms. The summed E-state index contributed by atoms with van der Waals surface area (Å²) in [5.41, 5.74) is 5.87. The van der Waals surface area contributed by atoms with Gasteiger partial charge in [-0.1, -0.05) is 54.6 Å². The first-order valence-corrected chi connectivity index (χ1v) is 14.3. The largest absolute Gasteiger partial charge is 0.325 e. The molecule has 6 rings (SSSR count). The normalized spacial score (nSPS) is 16.9. The summed E-state index contributed by atoms with van der Waals surface area (Å²) in [5.74, 6) is 1.32. The lowest BCUT2D eigenvalue weighted by Gasteiger charge is -2.37. The summed E-state index contributed by atoms with van der Waals surface area (Å²) < 4.78 is 27.7. The number of carbonyl (C=O) groups is 1. The maximum absolute atomic E-state index is 13.3. The van der Waals surface area contributed by atoms with E-state index in [-0.39, 0.29) is 11.7 Å². The van der Waals surface area contributed by atoms with Gasteiger partial charge in [-0.3, -0.25) is 9.89 Å². The number of nitrogens with one attached hydrogen (secondary N) is 2. The Hall–Kier alpha value is -3.82. The van der Waals surface area contributed by atoms with Crippen LogP contribution >= 0.6 is 0 Å². The minimum Gasteiger partial charge on any atom is -0.325 e. The van der Waals surface area contributed by atoms with E-state index in [0.717, 1.165) is 44.9 Å². The average Bonchev–Trinajstić information content (AvgIpc) is 3.45. The van der Waals surface area contributed by atoms with Crippen LogP contribution in [-0.2, 0) is 26.0 Å². The molecule has 8 nitrogen and oxygen atoms in total. The van der Waals surface area contributed by atoms with Crippen LogP contribution in [0.25, 0.3) is 22.5 Å². The first kappa shape index (κ1) is 24.5. The van der Waals surface area contributed by atoms with Crippen molar-refractivity contribution in [2.75, 3.05) is 18.4 Å². The van der Waals surface area contributed by atoms with Crippen molar-refractivity contribution in [3.05, 3.63) is 89.2 Å². The third-order valence-electron chi connectivity index (χ3n) is 7.78. The number of sulfonamides is 1. The second-order valence-corrected chi connectivity index (χ2v) is 12.2. The van der Waals surface area contributed by atoms with E-state index in [9.17, 15) is 13.2 Å². The monoisotopic (exact) mass is 527 g/mol. The number of hydrogen-bond acceptors (Lipinski definition) is 5.